The van der Waals surface area contributed by atoms with Gasteiger partial charge in [-0.15, -0.1) is 0 Å². The lowest BCUT2D eigenvalue weighted by Gasteiger charge is -2.20. The van der Waals surface area contributed by atoms with Gasteiger partial charge in [-0.05, 0) is 25.8 Å². The molecule has 1 saturated heterocycles. The molecule has 0 saturated carbocycles. The molecule has 1 aliphatic heterocycles. The smallest absolute Gasteiger partial charge is 0.319 e. The number of amides is 2. The maximum Gasteiger partial charge on any atom is 0.319 e. The molecule has 1 aromatic carbocycles. The van der Waals surface area contributed by atoms with Crippen LogP contribution in [0.2, 0.25) is 0 Å². The topological polar surface area (TPSA) is 93.5 Å². The van der Waals surface area contributed by atoms with Gasteiger partial charge in [0.1, 0.15) is 5.69 Å². The van der Waals surface area contributed by atoms with Gasteiger partial charge >= 0.3 is 6.03 Å². The summed E-state index contributed by atoms with van der Waals surface area (Å²) in [5.74, 6) is 0. The Hall–Kier alpha value is -2.15. The Labute approximate surface area is 116 Å². The van der Waals surface area contributed by atoms with Crippen LogP contribution in [0.3, 0.4) is 0 Å². The number of urea groups is 1. The van der Waals surface area contributed by atoms with E-state index in [0.717, 1.165) is 12.8 Å². The van der Waals surface area contributed by atoms with Crippen molar-refractivity contribution in [2.45, 2.75) is 31.9 Å². The van der Waals surface area contributed by atoms with Crippen molar-refractivity contribution in [1.29, 1.82) is 0 Å². The fourth-order valence-corrected chi connectivity index (χ4v) is 2.19. The lowest BCUT2D eigenvalue weighted by atomic mass is 10.1. The molecule has 7 nitrogen and oxygen atoms in total. The number of nitrogens with one attached hydrogen (secondary N) is 2. The van der Waals surface area contributed by atoms with Crippen LogP contribution in [0.5, 0.6) is 0 Å². The number of benzene rings is 1. The van der Waals surface area contributed by atoms with Crippen LogP contribution in [0, 0.1) is 10.1 Å². The molecular formula is C13H17N3O4. The van der Waals surface area contributed by atoms with E-state index in [1.54, 1.807) is 12.1 Å². The molecule has 2 atom stereocenters. The number of carbonyl (C=O) groups is 1. The SMILES string of the molecule is C[C@H](NC(=O)Nc1ccccc1[N+](=O)[O-])[C@H]1CCCO1. The monoisotopic (exact) mass is 279 g/mol. The number of para-hydroxylation sites is 2. The maximum atomic E-state index is 11.9. The summed E-state index contributed by atoms with van der Waals surface area (Å²) in [5, 5.41) is 16.1. The second-order valence-corrected chi connectivity index (χ2v) is 4.71. The highest BCUT2D eigenvalue weighted by Crippen LogP contribution is 2.23. The molecule has 0 aliphatic carbocycles. The number of hydrogen-bond acceptors (Lipinski definition) is 4. The van der Waals surface area contributed by atoms with Crippen molar-refractivity contribution in [1.82, 2.24) is 5.32 Å². The molecule has 0 spiro atoms. The Morgan fingerprint density at radius 2 is 2.25 bits per heavy atom. The predicted octanol–water partition coefficient (Wildman–Crippen LogP) is 2.28. The molecule has 0 aromatic heterocycles. The van der Waals surface area contributed by atoms with Gasteiger partial charge in [0.25, 0.3) is 5.69 Å². The summed E-state index contributed by atoms with van der Waals surface area (Å²) in [4.78, 5) is 22.2. The van der Waals surface area contributed by atoms with Gasteiger partial charge in [0, 0.05) is 12.7 Å². The van der Waals surface area contributed by atoms with E-state index in [9.17, 15) is 14.9 Å². The maximum absolute atomic E-state index is 11.9. The van der Waals surface area contributed by atoms with E-state index in [-0.39, 0.29) is 23.5 Å². The van der Waals surface area contributed by atoms with Gasteiger partial charge in [0.15, 0.2) is 0 Å². The summed E-state index contributed by atoms with van der Waals surface area (Å²) in [6.45, 7) is 2.57. The highest BCUT2D eigenvalue weighted by Gasteiger charge is 2.24. The van der Waals surface area contributed by atoms with E-state index in [2.05, 4.69) is 10.6 Å². The zero-order valence-electron chi connectivity index (χ0n) is 11.2. The first-order valence-corrected chi connectivity index (χ1v) is 6.50. The van der Waals surface area contributed by atoms with E-state index in [1.165, 1.54) is 12.1 Å². The average molecular weight is 279 g/mol. The number of hydrogen-bond donors (Lipinski definition) is 2. The van der Waals surface area contributed by atoms with E-state index >= 15 is 0 Å². The first-order chi connectivity index (χ1) is 9.58. The normalized spacial score (nSPS) is 19.4. The minimum atomic E-state index is -0.529. The second kappa shape index (κ2) is 6.33. The third-order valence-corrected chi connectivity index (χ3v) is 3.23. The first-order valence-electron chi connectivity index (χ1n) is 6.50. The van der Waals surface area contributed by atoms with E-state index in [0.29, 0.717) is 6.61 Å². The van der Waals surface area contributed by atoms with E-state index < -0.39 is 11.0 Å². The van der Waals surface area contributed by atoms with Crippen molar-refractivity contribution in [3.8, 4) is 0 Å². The van der Waals surface area contributed by atoms with Crippen molar-refractivity contribution in [3.05, 3.63) is 34.4 Å². The summed E-state index contributed by atoms with van der Waals surface area (Å²) in [7, 11) is 0. The average Bonchev–Trinajstić information content (AvgIpc) is 2.92. The molecule has 0 bridgehead atoms. The molecule has 0 unspecified atom stereocenters. The minimum Gasteiger partial charge on any atom is -0.376 e. The Balaban J connectivity index is 1.96. The number of carbonyl (C=O) groups excluding carboxylic acids is 1. The van der Waals surface area contributed by atoms with Crippen molar-refractivity contribution in [2.24, 2.45) is 0 Å². The summed E-state index contributed by atoms with van der Waals surface area (Å²) < 4.78 is 5.48. The Bertz CT molecular complexity index is 500. The fraction of sp³-hybridized carbons (Fsp3) is 0.462. The van der Waals surface area contributed by atoms with Gasteiger partial charge < -0.3 is 15.4 Å². The highest BCUT2D eigenvalue weighted by molar-refractivity contribution is 5.91. The Morgan fingerprint density at radius 3 is 2.90 bits per heavy atom. The predicted molar refractivity (Wildman–Crippen MR) is 73.7 cm³/mol. The molecule has 20 heavy (non-hydrogen) atoms. The molecule has 2 rings (SSSR count). The molecule has 1 heterocycles. The third kappa shape index (κ3) is 3.45. The Kier molecular flexibility index (Phi) is 4.52. The number of nitrogens with zero attached hydrogens (tertiary/aromatic N) is 1. The molecule has 2 amide bonds. The highest BCUT2D eigenvalue weighted by atomic mass is 16.6. The molecule has 1 fully saturated rings. The lowest BCUT2D eigenvalue weighted by molar-refractivity contribution is -0.383. The van der Waals surface area contributed by atoms with Gasteiger partial charge in [0.2, 0.25) is 0 Å². The fourth-order valence-electron chi connectivity index (χ4n) is 2.19. The zero-order valence-corrected chi connectivity index (χ0v) is 11.2. The van der Waals surface area contributed by atoms with Crippen LogP contribution < -0.4 is 10.6 Å². The van der Waals surface area contributed by atoms with Gasteiger partial charge in [-0.3, -0.25) is 10.1 Å². The van der Waals surface area contributed by atoms with Crippen LogP contribution in [0.1, 0.15) is 19.8 Å². The molecular weight excluding hydrogens is 262 g/mol. The zero-order chi connectivity index (χ0) is 14.5. The molecule has 1 aromatic rings. The Morgan fingerprint density at radius 1 is 1.50 bits per heavy atom. The van der Waals surface area contributed by atoms with Crippen molar-refractivity contribution in [3.63, 3.8) is 0 Å². The summed E-state index contributed by atoms with van der Waals surface area (Å²) in [5.41, 5.74) is 0.0435. The molecule has 7 heteroatoms. The van der Waals surface area contributed by atoms with E-state index in [1.807, 2.05) is 6.92 Å². The second-order valence-electron chi connectivity index (χ2n) is 4.71. The van der Waals surface area contributed by atoms with Crippen LogP contribution in [0.4, 0.5) is 16.2 Å². The number of nitro groups is 1. The third-order valence-electron chi connectivity index (χ3n) is 3.23. The number of nitro benzene ring substituents is 1. The van der Waals surface area contributed by atoms with Crippen molar-refractivity contribution >= 4 is 17.4 Å². The molecule has 0 radical (unpaired) electrons. The van der Waals surface area contributed by atoms with Crippen LogP contribution in [-0.2, 0) is 4.74 Å². The largest absolute Gasteiger partial charge is 0.376 e. The summed E-state index contributed by atoms with van der Waals surface area (Å²) in [6.07, 6.45) is 1.90. The van der Waals surface area contributed by atoms with E-state index in [4.69, 9.17) is 4.74 Å². The standard InChI is InChI=1S/C13H17N3O4/c1-9(12-7-4-8-20-12)14-13(17)15-10-5-2-3-6-11(10)16(18)19/h2-3,5-6,9,12H,4,7-8H2,1H3,(H2,14,15,17)/t9-,12+/m0/s1. The first kappa shape index (κ1) is 14.3. The molecule has 1 aliphatic rings. The van der Waals surface area contributed by atoms with Crippen LogP contribution >= 0.6 is 0 Å². The number of rotatable bonds is 4. The van der Waals surface area contributed by atoms with Gasteiger partial charge in [0.05, 0.1) is 17.1 Å². The van der Waals surface area contributed by atoms with Crippen LogP contribution in [0.15, 0.2) is 24.3 Å². The molecule has 2 N–H and O–H groups in total. The number of anilines is 1. The van der Waals surface area contributed by atoms with Crippen molar-refractivity contribution < 1.29 is 14.5 Å². The lowest BCUT2D eigenvalue weighted by Crippen LogP contribution is -2.43. The quantitative estimate of drug-likeness (QED) is 0.653. The number of ether oxygens (including phenoxy) is 1. The van der Waals surface area contributed by atoms with Gasteiger partial charge in [-0.2, -0.15) is 0 Å². The molecule has 108 valence electrons. The summed E-state index contributed by atoms with van der Waals surface area (Å²) in [6, 6.07) is 5.41. The van der Waals surface area contributed by atoms with Crippen LogP contribution in [0.25, 0.3) is 0 Å². The van der Waals surface area contributed by atoms with Gasteiger partial charge in [-0.25, -0.2) is 4.79 Å². The van der Waals surface area contributed by atoms with Crippen molar-refractivity contribution in [2.75, 3.05) is 11.9 Å². The van der Waals surface area contributed by atoms with Gasteiger partial charge in [-0.1, -0.05) is 12.1 Å². The van der Waals surface area contributed by atoms with Crippen LogP contribution in [-0.4, -0.2) is 29.7 Å². The minimum absolute atomic E-state index is 0.00603. The summed E-state index contributed by atoms with van der Waals surface area (Å²) >= 11 is 0.